The molecule has 0 bridgehead atoms. The van der Waals surface area contributed by atoms with Crippen LogP contribution in [0.5, 0.6) is 0 Å². The van der Waals surface area contributed by atoms with Crippen LogP contribution in [-0.4, -0.2) is 28.5 Å². The summed E-state index contributed by atoms with van der Waals surface area (Å²) in [5.41, 5.74) is 3.88. The first-order chi connectivity index (χ1) is 8.38. The summed E-state index contributed by atoms with van der Waals surface area (Å²) >= 11 is 0. The van der Waals surface area contributed by atoms with Crippen LogP contribution in [0.15, 0.2) is 0 Å². The molecule has 4 heteroatoms. The summed E-state index contributed by atoms with van der Waals surface area (Å²) in [6.07, 6.45) is 1.08. The number of nitrogens with one attached hydrogen (secondary N) is 1. The van der Waals surface area contributed by atoms with Crippen molar-refractivity contribution in [2.75, 3.05) is 13.2 Å². The molecule has 1 aliphatic rings. The highest BCUT2D eigenvalue weighted by molar-refractivity contribution is 5.25. The molecule has 1 fully saturated rings. The Hall–Kier alpha value is -0.870. The lowest BCUT2D eigenvalue weighted by Gasteiger charge is -2.20. The van der Waals surface area contributed by atoms with E-state index in [1.165, 1.54) is 11.3 Å². The molecule has 1 aromatic rings. The second-order valence-corrected chi connectivity index (χ2v) is 6.21. The Labute approximate surface area is 110 Å². The van der Waals surface area contributed by atoms with E-state index in [1.807, 2.05) is 0 Å². The normalized spacial score (nSPS) is 20.6. The fraction of sp³-hybridized carbons (Fsp3) is 0.786. The van der Waals surface area contributed by atoms with Crippen molar-refractivity contribution < 1.29 is 4.74 Å². The number of hydrogen-bond donors (Lipinski definition) is 1. The molecule has 0 radical (unpaired) electrons. The van der Waals surface area contributed by atoms with Crippen molar-refractivity contribution in [3.05, 3.63) is 17.0 Å². The van der Waals surface area contributed by atoms with Crippen molar-refractivity contribution >= 4 is 0 Å². The zero-order chi connectivity index (χ0) is 13.3. The summed E-state index contributed by atoms with van der Waals surface area (Å²) in [5, 5.41) is 8.23. The summed E-state index contributed by atoms with van der Waals surface area (Å²) < 4.78 is 7.61. The molecule has 2 rings (SSSR count). The molecule has 1 N–H and O–H groups in total. The lowest BCUT2D eigenvalue weighted by Crippen LogP contribution is -2.35. The van der Waals surface area contributed by atoms with Gasteiger partial charge in [0.2, 0.25) is 0 Å². The van der Waals surface area contributed by atoms with E-state index in [0.717, 1.165) is 31.9 Å². The van der Waals surface area contributed by atoms with Crippen LogP contribution in [0.4, 0.5) is 0 Å². The quantitative estimate of drug-likeness (QED) is 0.896. The second-order valence-electron chi connectivity index (χ2n) is 6.21. The maximum absolute atomic E-state index is 5.45. The average molecular weight is 251 g/mol. The first-order valence-corrected chi connectivity index (χ1v) is 6.76. The SMILES string of the molecule is Cc1nn(C2CCOC2)c(C)c1CNC(C)(C)C. The highest BCUT2D eigenvalue weighted by atomic mass is 16.5. The molecule has 1 saturated heterocycles. The standard InChI is InChI=1S/C14H25N3O/c1-10-13(8-15-14(3,4)5)11(2)17(16-10)12-6-7-18-9-12/h12,15H,6-9H2,1-5H3. The monoisotopic (exact) mass is 251 g/mol. The van der Waals surface area contributed by atoms with Gasteiger partial charge in [0.15, 0.2) is 0 Å². The van der Waals surface area contributed by atoms with Crippen LogP contribution in [0.25, 0.3) is 0 Å². The molecule has 0 aliphatic carbocycles. The predicted molar refractivity (Wildman–Crippen MR) is 72.8 cm³/mol. The van der Waals surface area contributed by atoms with E-state index in [0.29, 0.717) is 6.04 Å². The van der Waals surface area contributed by atoms with Gasteiger partial charge in [-0.15, -0.1) is 0 Å². The maximum Gasteiger partial charge on any atom is 0.0777 e. The summed E-state index contributed by atoms with van der Waals surface area (Å²) in [6.45, 7) is 13.4. The Morgan fingerprint density at radius 1 is 1.39 bits per heavy atom. The van der Waals surface area contributed by atoms with Crippen LogP contribution in [0, 0.1) is 13.8 Å². The van der Waals surface area contributed by atoms with Crippen molar-refractivity contribution in [2.24, 2.45) is 0 Å². The van der Waals surface area contributed by atoms with Crippen LogP contribution in [0.1, 0.15) is 50.2 Å². The van der Waals surface area contributed by atoms with Crippen molar-refractivity contribution in [1.29, 1.82) is 0 Å². The molecule has 4 nitrogen and oxygen atoms in total. The zero-order valence-electron chi connectivity index (χ0n) is 12.2. The van der Waals surface area contributed by atoms with E-state index in [1.54, 1.807) is 0 Å². The topological polar surface area (TPSA) is 39.1 Å². The average Bonchev–Trinajstić information content (AvgIpc) is 2.84. The van der Waals surface area contributed by atoms with E-state index in [9.17, 15) is 0 Å². The van der Waals surface area contributed by atoms with Gasteiger partial charge in [-0.2, -0.15) is 5.10 Å². The Kier molecular flexibility index (Phi) is 3.78. The zero-order valence-corrected chi connectivity index (χ0v) is 12.2. The molecular weight excluding hydrogens is 226 g/mol. The molecule has 2 heterocycles. The van der Waals surface area contributed by atoms with E-state index >= 15 is 0 Å². The van der Waals surface area contributed by atoms with Gasteiger partial charge >= 0.3 is 0 Å². The first kappa shape index (κ1) is 13.6. The van der Waals surface area contributed by atoms with Crippen LogP contribution in [-0.2, 0) is 11.3 Å². The molecule has 102 valence electrons. The number of aromatic nitrogens is 2. The number of ether oxygens (including phenoxy) is 1. The van der Waals surface area contributed by atoms with Crippen molar-refractivity contribution in [1.82, 2.24) is 15.1 Å². The third-order valence-electron chi connectivity index (χ3n) is 3.52. The van der Waals surface area contributed by atoms with E-state index in [-0.39, 0.29) is 5.54 Å². The molecule has 0 aromatic carbocycles. The van der Waals surface area contributed by atoms with Crippen molar-refractivity contribution in [2.45, 2.75) is 59.2 Å². The Morgan fingerprint density at radius 3 is 2.67 bits per heavy atom. The summed E-state index contributed by atoms with van der Waals surface area (Å²) in [5.74, 6) is 0. The van der Waals surface area contributed by atoms with E-state index < -0.39 is 0 Å². The molecule has 1 atom stereocenters. The van der Waals surface area contributed by atoms with Crippen LogP contribution in [0.2, 0.25) is 0 Å². The minimum absolute atomic E-state index is 0.136. The van der Waals surface area contributed by atoms with Crippen molar-refractivity contribution in [3.8, 4) is 0 Å². The molecule has 0 amide bonds. The minimum atomic E-state index is 0.136. The molecule has 1 unspecified atom stereocenters. The van der Waals surface area contributed by atoms with Gasteiger partial charge in [-0.25, -0.2) is 0 Å². The third kappa shape index (κ3) is 2.93. The largest absolute Gasteiger partial charge is 0.379 e. The number of hydrogen-bond acceptors (Lipinski definition) is 3. The molecule has 0 saturated carbocycles. The Balaban J connectivity index is 2.15. The van der Waals surface area contributed by atoms with Gasteiger partial charge < -0.3 is 10.1 Å². The smallest absolute Gasteiger partial charge is 0.0777 e. The minimum Gasteiger partial charge on any atom is -0.379 e. The van der Waals surface area contributed by atoms with Gasteiger partial charge in [0, 0.05) is 29.9 Å². The Bertz CT molecular complexity index is 411. The predicted octanol–water partition coefficient (Wildman–Crippen LogP) is 2.35. The second kappa shape index (κ2) is 5.02. The molecule has 18 heavy (non-hydrogen) atoms. The Morgan fingerprint density at radius 2 is 2.11 bits per heavy atom. The summed E-state index contributed by atoms with van der Waals surface area (Å²) in [7, 11) is 0. The van der Waals surface area contributed by atoms with Gasteiger partial charge in [-0.3, -0.25) is 4.68 Å². The highest BCUT2D eigenvalue weighted by Gasteiger charge is 2.23. The van der Waals surface area contributed by atoms with Crippen LogP contribution in [0.3, 0.4) is 0 Å². The first-order valence-electron chi connectivity index (χ1n) is 6.76. The lowest BCUT2D eigenvalue weighted by molar-refractivity contribution is 0.184. The molecule has 1 aromatic heterocycles. The van der Waals surface area contributed by atoms with Gasteiger partial charge in [-0.1, -0.05) is 0 Å². The summed E-state index contributed by atoms with van der Waals surface area (Å²) in [6, 6.07) is 0.423. The summed E-state index contributed by atoms with van der Waals surface area (Å²) in [4.78, 5) is 0. The highest BCUT2D eigenvalue weighted by Crippen LogP contribution is 2.23. The fourth-order valence-electron chi connectivity index (χ4n) is 2.38. The van der Waals surface area contributed by atoms with E-state index in [4.69, 9.17) is 4.74 Å². The van der Waals surface area contributed by atoms with Crippen LogP contribution >= 0.6 is 0 Å². The van der Waals surface area contributed by atoms with E-state index in [2.05, 4.69) is 49.7 Å². The van der Waals surface area contributed by atoms with Gasteiger partial charge in [-0.05, 0) is 41.0 Å². The number of rotatable bonds is 3. The van der Waals surface area contributed by atoms with Gasteiger partial charge in [0.25, 0.3) is 0 Å². The molecule has 1 aliphatic heterocycles. The molecule has 0 spiro atoms. The lowest BCUT2D eigenvalue weighted by atomic mass is 10.1. The van der Waals surface area contributed by atoms with Crippen LogP contribution < -0.4 is 5.32 Å². The van der Waals surface area contributed by atoms with Crippen molar-refractivity contribution in [3.63, 3.8) is 0 Å². The third-order valence-corrected chi connectivity index (χ3v) is 3.52. The number of aryl methyl sites for hydroxylation is 1. The molecular formula is C14H25N3O. The fourth-order valence-corrected chi connectivity index (χ4v) is 2.38. The number of nitrogens with zero attached hydrogens (tertiary/aromatic N) is 2. The maximum atomic E-state index is 5.45. The van der Waals surface area contributed by atoms with Gasteiger partial charge in [0.1, 0.15) is 0 Å². The van der Waals surface area contributed by atoms with Gasteiger partial charge in [0.05, 0.1) is 18.3 Å².